The van der Waals surface area contributed by atoms with E-state index >= 15 is 0 Å². The first-order chi connectivity index (χ1) is 65.9. The number of aryl methyl sites for hydroxylation is 4. The average Bonchev–Trinajstić information content (AvgIpc) is 1.59. The van der Waals surface area contributed by atoms with Crippen molar-refractivity contribution in [3.63, 3.8) is 0 Å². The Kier molecular flexibility index (Phi) is 42.6. The third-order valence-electron chi connectivity index (χ3n) is 24.8. The van der Waals surface area contributed by atoms with Crippen LogP contribution in [0.4, 0.5) is 15.8 Å². The molecule has 0 aromatic heterocycles. The third kappa shape index (κ3) is 29.8. The molecular formula is C115H116Cl6FNO14. The smallest absolute Gasteiger partial charge is 0.338 e. The van der Waals surface area contributed by atoms with Crippen molar-refractivity contribution in [1.82, 2.24) is 0 Å². The molecule has 22 heteroatoms. The van der Waals surface area contributed by atoms with Crippen molar-refractivity contribution < 1.29 is 71.1 Å². The van der Waals surface area contributed by atoms with E-state index in [1.807, 2.05) is 147 Å². The molecule has 714 valence electrons. The molecule has 3 atom stereocenters. The van der Waals surface area contributed by atoms with Gasteiger partial charge < -0.3 is 38.5 Å². The molecule has 15 nitrogen and oxygen atoms in total. The maximum Gasteiger partial charge on any atom is 0.338 e. The zero-order valence-electron chi connectivity index (χ0n) is 79.7. The van der Waals surface area contributed by atoms with Crippen molar-refractivity contribution in [3.05, 3.63) is 442 Å². The van der Waals surface area contributed by atoms with Gasteiger partial charge in [0.2, 0.25) is 0 Å². The molecule has 2 aliphatic rings. The van der Waals surface area contributed by atoms with E-state index in [9.17, 15) is 38.0 Å². The van der Waals surface area contributed by atoms with Crippen LogP contribution >= 0.6 is 69.6 Å². The molecule has 1 N–H and O–H groups in total. The van der Waals surface area contributed by atoms with Gasteiger partial charge >= 0.3 is 41.8 Å². The number of fused-ring (bicyclic) bond motifs is 3. The number of hydrogen-bond acceptors (Lipinski definition) is 15. The monoisotopic (exact) mass is 1960 g/mol. The Bertz CT molecular complexity index is 6210. The second-order valence-corrected chi connectivity index (χ2v) is 35.5. The second kappa shape index (κ2) is 53.9. The second-order valence-electron chi connectivity index (χ2n) is 33.1. The summed E-state index contributed by atoms with van der Waals surface area (Å²) in [5.41, 5.74) is 24.9. The van der Waals surface area contributed by atoms with Gasteiger partial charge in [-0.1, -0.05) is 296 Å². The van der Waals surface area contributed by atoms with Crippen LogP contribution in [0.15, 0.2) is 273 Å². The lowest BCUT2D eigenvalue weighted by Gasteiger charge is -2.45. The van der Waals surface area contributed by atoms with Gasteiger partial charge in [-0.15, -0.1) is 0 Å². The Morgan fingerprint density at radius 3 is 1.28 bits per heavy atom. The molecule has 1 fully saturated rings. The molecule has 0 saturated heterocycles. The lowest BCUT2D eigenvalue weighted by molar-refractivity contribution is -0.145. The summed E-state index contributed by atoms with van der Waals surface area (Å²) in [6, 6.07) is 85.0. The molecule has 0 spiro atoms. The number of esters is 7. The van der Waals surface area contributed by atoms with Crippen LogP contribution in [0, 0.1) is 51.8 Å². The van der Waals surface area contributed by atoms with Crippen molar-refractivity contribution in [2.24, 2.45) is 11.3 Å². The minimum absolute atomic E-state index is 0.0332. The summed E-state index contributed by atoms with van der Waals surface area (Å²) in [6.07, 6.45) is 10.7. The topological polar surface area (TPSA) is 196 Å². The highest BCUT2D eigenvalue weighted by Gasteiger charge is 2.50. The van der Waals surface area contributed by atoms with Gasteiger partial charge in [-0.25, -0.2) is 28.4 Å². The van der Waals surface area contributed by atoms with Crippen molar-refractivity contribution in [1.29, 1.82) is 0 Å². The van der Waals surface area contributed by atoms with E-state index in [4.69, 9.17) is 98.0 Å². The van der Waals surface area contributed by atoms with Crippen LogP contribution in [0.1, 0.15) is 209 Å². The lowest BCUT2D eigenvalue weighted by atomic mass is 9.59. The molecule has 1 saturated carbocycles. The summed E-state index contributed by atoms with van der Waals surface area (Å²) in [5, 5.41) is 6.53. The molecule has 3 unspecified atom stereocenters. The molecule has 0 amide bonds. The number of carbonyl (C=O) groups excluding carboxylic acids is 7. The fraction of sp³-hybridized carbons (Fsp3) is 0.261. The van der Waals surface area contributed by atoms with Gasteiger partial charge in [0.05, 0.1) is 106 Å². The maximum absolute atomic E-state index is 13.8. The Labute approximate surface area is 834 Å². The molecule has 0 bridgehead atoms. The van der Waals surface area contributed by atoms with Gasteiger partial charge in [0.25, 0.3) is 0 Å². The van der Waals surface area contributed by atoms with Crippen molar-refractivity contribution in [2.45, 2.75) is 138 Å². The highest BCUT2D eigenvalue weighted by Crippen LogP contribution is 2.58. The zero-order valence-corrected chi connectivity index (χ0v) is 84.2. The van der Waals surface area contributed by atoms with Crippen LogP contribution in [0.3, 0.4) is 0 Å². The van der Waals surface area contributed by atoms with Crippen LogP contribution in [-0.2, 0) is 94.1 Å². The Hall–Kier alpha value is -12.4. The van der Waals surface area contributed by atoms with Crippen LogP contribution in [0.25, 0.3) is 0 Å². The SMILES string of the molecule is CCc1cccc2c1CC1C2CCCC1(CC)CC(=O)OC.COC(=O)Cc1ccccc1Nc1c(Cl)cccc1Cl.COC(=O)c1ccccc1Cc1c(Cl)ccc(C)c1Cl.COC(=O)c1ccccc1Cc1c(F)cccc1Cl.COC(=O)c1ccccc1Cc1cccc(C)c1.COC(=O)c1ccccc1Cc1cccc(C)c1C.COC(=O)c1ccccc1Cc1cccc(Cl)c1C. The van der Waals surface area contributed by atoms with Crippen LogP contribution in [0.2, 0.25) is 30.1 Å². The summed E-state index contributed by atoms with van der Waals surface area (Å²) in [5.74, 6) is -1.11. The van der Waals surface area contributed by atoms with Gasteiger partial charge in [-0.3, -0.25) is 9.59 Å². The van der Waals surface area contributed by atoms with Gasteiger partial charge in [0.15, 0.2) is 0 Å². The molecule has 0 radical (unpaired) electrons. The van der Waals surface area contributed by atoms with Crippen molar-refractivity contribution in [2.75, 3.05) is 55.1 Å². The molecular weight excluding hydrogens is 1850 g/mol. The van der Waals surface area contributed by atoms with E-state index in [1.54, 1.807) is 90.0 Å². The number of halogens is 7. The number of hydrogen-bond donors (Lipinski definition) is 1. The maximum atomic E-state index is 13.8. The minimum Gasteiger partial charge on any atom is -0.469 e. The van der Waals surface area contributed by atoms with E-state index in [-0.39, 0.29) is 59.9 Å². The molecule has 0 heterocycles. The Morgan fingerprint density at radius 2 is 0.788 bits per heavy atom. The van der Waals surface area contributed by atoms with Gasteiger partial charge in [-0.05, 0) is 271 Å². The van der Waals surface area contributed by atoms with Crippen LogP contribution in [0.5, 0.6) is 0 Å². The Balaban J connectivity index is 0.000000179. The fourth-order valence-corrected chi connectivity index (χ4v) is 18.5. The predicted octanol–water partition coefficient (Wildman–Crippen LogP) is 28.7. The number of nitrogens with one attached hydrogen (secondary N) is 1. The predicted molar refractivity (Wildman–Crippen MR) is 550 cm³/mol. The quantitative estimate of drug-likeness (QED) is 0.0469. The first kappa shape index (κ1) is 108. The fourth-order valence-electron chi connectivity index (χ4n) is 17.1. The molecule has 15 rings (SSSR count). The van der Waals surface area contributed by atoms with Crippen molar-refractivity contribution in [3.8, 4) is 0 Å². The number of methoxy groups -OCH3 is 7. The Morgan fingerprint density at radius 1 is 0.380 bits per heavy atom. The van der Waals surface area contributed by atoms with Gasteiger partial charge in [-0.2, -0.15) is 0 Å². The van der Waals surface area contributed by atoms with Crippen molar-refractivity contribution >= 4 is 123 Å². The number of anilines is 2. The van der Waals surface area contributed by atoms with E-state index in [0.717, 1.165) is 92.9 Å². The van der Waals surface area contributed by atoms with E-state index in [2.05, 4.69) is 99.3 Å². The minimum atomic E-state index is -0.442. The number of ether oxygens (including phenoxy) is 7. The highest BCUT2D eigenvalue weighted by molar-refractivity contribution is 6.39. The summed E-state index contributed by atoms with van der Waals surface area (Å²) >= 11 is 36.9. The molecule has 13 aromatic rings. The number of carbonyl (C=O) groups is 7. The highest BCUT2D eigenvalue weighted by atomic mass is 35.5. The van der Waals surface area contributed by atoms with Crippen LogP contribution < -0.4 is 5.32 Å². The number of benzene rings is 13. The van der Waals surface area contributed by atoms with Gasteiger partial charge in [0.1, 0.15) is 5.82 Å². The van der Waals surface area contributed by atoms with Gasteiger partial charge in [0, 0.05) is 44.2 Å². The number of rotatable bonds is 23. The summed E-state index contributed by atoms with van der Waals surface area (Å²) in [7, 11) is 9.78. The normalized spacial score (nSPS) is 13.4. The van der Waals surface area contributed by atoms with E-state index < -0.39 is 5.97 Å². The number of para-hydroxylation sites is 2. The summed E-state index contributed by atoms with van der Waals surface area (Å²) in [4.78, 5) is 82.0. The molecule has 13 aromatic carbocycles. The summed E-state index contributed by atoms with van der Waals surface area (Å²) in [6.45, 7) is 14.7. The average molecular weight is 1970 g/mol. The molecule has 137 heavy (non-hydrogen) atoms. The standard InChI is InChI=1S/C20H28O2.C17H18O2.C16H14Cl2O2.C16H15ClO2.C16H16O2.C15H13Cl2NO2.C15H12ClFO2/c1-4-14-8-6-9-15-16-10-7-11-20(5-2,13-19(21)22-3)18(16)12-17(14)15;1-12-7-6-9-14(13(12)2)11-15-8-4-5-10-16(15)17(18)19-3;1-10-7-8-14(17)13(15(10)18)9-11-5-3-4-6-12(11)16(19)20-2;1-11-12(7-5-9-15(11)17)10-13-6-3-4-8-14(13)16(18)19-2;1-12-6-5-7-13(10-12)11-14-8-3-4-9-15(14)16(17)18-2;1-20-14(19)9-10-5-2-3-8-13(10)18-15-11(16)6-4-7-12(15)17;1-19-15(18)11-6-3-2-5-10(11)9-12-13(16)7-4-8-14(12)17/h6,8-9,16,18H,4-5,7,10-13H2,1-3H3;4-10H,11H2,1-3H3;3-8H,9H2,1-2H3;3-9H,10H2,1-2H3;3-10H,11H2,1-2H3;2-8,18H,9H2,1H3;2-8H,9H2,1H3. The largest absolute Gasteiger partial charge is 0.469 e. The molecule has 2 aliphatic carbocycles. The van der Waals surface area contributed by atoms with Crippen LogP contribution in [-0.4, -0.2) is 91.6 Å². The first-order valence-corrected chi connectivity index (χ1v) is 47.2. The zero-order chi connectivity index (χ0) is 99.4. The lowest BCUT2D eigenvalue weighted by Crippen LogP contribution is -2.38. The first-order valence-electron chi connectivity index (χ1n) is 45.0. The van der Waals surface area contributed by atoms with E-state index in [1.165, 1.54) is 108 Å². The third-order valence-corrected chi connectivity index (χ3v) is 27.1. The molecule has 0 aliphatic heterocycles. The van der Waals surface area contributed by atoms with E-state index in [0.29, 0.717) is 101 Å². The summed E-state index contributed by atoms with van der Waals surface area (Å²) < 4.78 is 47.4.